The minimum atomic E-state index is 0.873. The van der Waals surface area contributed by atoms with Crippen LogP contribution in [0.5, 0.6) is 0 Å². The maximum Gasteiger partial charge on any atom is 0.0120 e. The first kappa shape index (κ1) is 13.8. The van der Waals surface area contributed by atoms with Gasteiger partial charge in [0, 0.05) is 12.1 Å². The number of nitrogens with zero attached hydrogens (tertiary/aromatic N) is 2. The summed E-state index contributed by atoms with van der Waals surface area (Å²) in [5, 5.41) is 3.54. The van der Waals surface area contributed by atoms with Gasteiger partial charge in [0.05, 0.1) is 0 Å². The van der Waals surface area contributed by atoms with Crippen molar-refractivity contribution in [2.45, 2.75) is 63.5 Å². The van der Waals surface area contributed by atoms with Crippen LogP contribution >= 0.6 is 0 Å². The molecule has 3 heterocycles. The van der Waals surface area contributed by atoms with Crippen LogP contribution in [0.25, 0.3) is 0 Å². The summed E-state index contributed by atoms with van der Waals surface area (Å²) < 4.78 is 0. The standard InChI is InChI=1S/C16H31N3/c1-2-11-18(12-3-1)16-7-13-19(14-8-16)15-5-4-9-17-10-6-15/h15-17H,1-14H2. The SMILES string of the molecule is C1CCN(C2CCN(C3CCCNCC3)CC2)CC1. The Labute approximate surface area is 118 Å². The molecule has 3 aliphatic heterocycles. The first-order chi connectivity index (χ1) is 9.43. The summed E-state index contributed by atoms with van der Waals surface area (Å²) in [6.07, 6.45) is 11.3. The Balaban J connectivity index is 1.45. The van der Waals surface area contributed by atoms with Crippen LogP contribution in [-0.2, 0) is 0 Å². The highest BCUT2D eigenvalue weighted by atomic mass is 15.2. The zero-order valence-electron chi connectivity index (χ0n) is 12.4. The summed E-state index contributed by atoms with van der Waals surface area (Å²) >= 11 is 0. The second-order valence-electron chi connectivity index (χ2n) is 6.70. The van der Waals surface area contributed by atoms with Gasteiger partial charge in [0.1, 0.15) is 0 Å². The minimum Gasteiger partial charge on any atom is -0.317 e. The molecule has 1 unspecified atom stereocenters. The van der Waals surface area contributed by atoms with Crippen LogP contribution in [-0.4, -0.2) is 61.2 Å². The molecule has 3 fully saturated rings. The Kier molecular flexibility index (Phi) is 5.14. The van der Waals surface area contributed by atoms with Crippen LogP contribution in [0.15, 0.2) is 0 Å². The van der Waals surface area contributed by atoms with E-state index in [4.69, 9.17) is 0 Å². The minimum absolute atomic E-state index is 0.873. The highest BCUT2D eigenvalue weighted by Crippen LogP contribution is 2.24. The normalized spacial score (nSPS) is 33.2. The van der Waals surface area contributed by atoms with E-state index in [1.165, 1.54) is 90.6 Å². The van der Waals surface area contributed by atoms with Crippen molar-refractivity contribution in [1.82, 2.24) is 15.1 Å². The van der Waals surface area contributed by atoms with Crippen molar-refractivity contribution in [3.05, 3.63) is 0 Å². The fourth-order valence-electron chi connectivity index (χ4n) is 4.27. The van der Waals surface area contributed by atoms with Gasteiger partial charge >= 0.3 is 0 Å². The van der Waals surface area contributed by atoms with Crippen molar-refractivity contribution >= 4 is 0 Å². The van der Waals surface area contributed by atoms with Crippen molar-refractivity contribution < 1.29 is 0 Å². The zero-order valence-corrected chi connectivity index (χ0v) is 12.4. The molecule has 3 nitrogen and oxygen atoms in total. The first-order valence-corrected chi connectivity index (χ1v) is 8.62. The molecule has 1 N–H and O–H groups in total. The molecule has 1 atom stereocenters. The first-order valence-electron chi connectivity index (χ1n) is 8.62. The van der Waals surface area contributed by atoms with E-state index < -0.39 is 0 Å². The van der Waals surface area contributed by atoms with Crippen molar-refractivity contribution in [2.24, 2.45) is 0 Å². The lowest BCUT2D eigenvalue weighted by Crippen LogP contribution is -2.49. The molecule has 0 spiro atoms. The van der Waals surface area contributed by atoms with Gasteiger partial charge in [0.15, 0.2) is 0 Å². The monoisotopic (exact) mass is 265 g/mol. The Morgan fingerprint density at radius 1 is 0.579 bits per heavy atom. The molecule has 110 valence electrons. The highest BCUT2D eigenvalue weighted by Gasteiger charge is 2.28. The van der Waals surface area contributed by atoms with Gasteiger partial charge in [-0.2, -0.15) is 0 Å². The smallest absolute Gasteiger partial charge is 0.0120 e. The molecule has 0 amide bonds. The lowest BCUT2D eigenvalue weighted by Gasteiger charge is -2.42. The van der Waals surface area contributed by atoms with Crippen LogP contribution in [0.2, 0.25) is 0 Å². The van der Waals surface area contributed by atoms with Gasteiger partial charge in [-0.05, 0) is 84.2 Å². The third-order valence-electron chi connectivity index (χ3n) is 5.47. The molecule has 3 heteroatoms. The van der Waals surface area contributed by atoms with Gasteiger partial charge in [-0.1, -0.05) is 6.42 Å². The quantitative estimate of drug-likeness (QED) is 0.825. The molecule has 3 saturated heterocycles. The van der Waals surface area contributed by atoms with Crippen molar-refractivity contribution in [1.29, 1.82) is 0 Å². The van der Waals surface area contributed by atoms with E-state index in [2.05, 4.69) is 15.1 Å². The van der Waals surface area contributed by atoms with Crippen LogP contribution < -0.4 is 5.32 Å². The Bertz CT molecular complexity index is 247. The summed E-state index contributed by atoms with van der Waals surface area (Å²) in [5.41, 5.74) is 0. The second-order valence-corrected chi connectivity index (χ2v) is 6.70. The van der Waals surface area contributed by atoms with E-state index in [0.29, 0.717) is 0 Å². The number of likely N-dealkylation sites (tertiary alicyclic amines) is 2. The molecule has 3 aliphatic rings. The van der Waals surface area contributed by atoms with E-state index in [1.54, 1.807) is 0 Å². The van der Waals surface area contributed by atoms with Crippen molar-refractivity contribution in [3.63, 3.8) is 0 Å². The van der Waals surface area contributed by atoms with E-state index >= 15 is 0 Å². The van der Waals surface area contributed by atoms with Gasteiger partial charge in [-0.15, -0.1) is 0 Å². The molecular weight excluding hydrogens is 234 g/mol. The predicted molar refractivity (Wildman–Crippen MR) is 80.5 cm³/mol. The molecular formula is C16H31N3. The van der Waals surface area contributed by atoms with Crippen molar-refractivity contribution in [3.8, 4) is 0 Å². The maximum atomic E-state index is 3.54. The number of rotatable bonds is 2. The molecule has 0 radical (unpaired) electrons. The number of piperidine rings is 2. The van der Waals surface area contributed by atoms with E-state index in [9.17, 15) is 0 Å². The summed E-state index contributed by atoms with van der Waals surface area (Å²) in [6, 6.07) is 1.78. The van der Waals surface area contributed by atoms with Gasteiger partial charge in [0.2, 0.25) is 0 Å². The molecule has 0 aliphatic carbocycles. The fraction of sp³-hybridized carbons (Fsp3) is 1.00. The topological polar surface area (TPSA) is 18.5 Å². The second kappa shape index (κ2) is 7.05. The van der Waals surface area contributed by atoms with E-state index in [-0.39, 0.29) is 0 Å². The largest absolute Gasteiger partial charge is 0.317 e. The Morgan fingerprint density at radius 2 is 1.26 bits per heavy atom. The van der Waals surface area contributed by atoms with Gasteiger partial charge in [-0.25, -0.2) is 0 Å². The number of nitrogens with one attached hydrogen (secondary N) is 1. The average molecular weight is 265 g/mol. The van der Waals surface area contributed by atoms with Gasteiger partial charge in [-0.3, -0.25) is 0 Å². The zero-order chi connectivity index (χ0) is 12.9. The number of hydrogen-bond donors (Lipinski definition) is 1. The van der Waals surface area contributed by atoms with Gasteiger partial charge < -0.3 is 15.1 Å². The molecule has 0 aromatic carbocycles. The van der Waals surface area contributed by atoms with E-state index in [0.717, 1.165) is 12.1 Å². The lowest BCUT2D eigenvalue weighted by molar-refractivity contribution is 0.0688. The summed E-state index contributed by atoms with van der Waals surface area (Å²) in [7, 11) is 0. The lowest BCUT2D eigenvalue weighted by atomic mass is 9.97. The molecule has 3 rings (SSSR count). The van der Waals surface area contributed by atoms with Crippen molar-refractivity contribution in [2.75, 3.05) is 39.3 Å². The van der Waals surface area contributed by atoms with Crippen LogP contribution in [0.3, 0.4) is 0 Å². The van der Waals surface area contributed by atoms with Crippen LogP contribution in [0, 0.1) is 0 Å². The summed E-state index contributed by atoms with van der Waals surface area (Å²) in [4.78, 5) is 5.59. The Morgan fingerprint density at radius 3 is 2.05 bits per heavy atom. The van der Waals surface area contributed by atoms with Crippen LogP contribution in [0.4, 0.5) is 0 Å². The predicted octanol–water partition coefficient (Wildman–Crippen LogP) is 2.08. The molecule has 0 aromatic heterocycles. The average Bonchev–Trinajstić information content (AvgIpc) is 2.77. The Hall–Kier alpha value is -0.120. The van der Waals surface area contributed by atoms with Crippen LogP contribution in [0.1, 0.15) is 51.4 Å². The molecule has 0 bridgehead atoms. The maximum absolute atomic E-state index is 3.54. The van der Waals surface area contributed by atoms with E-state index in [1.807, 2.05) is 0 Å². The van der Waals surface area contributed by atoms with Gasteiger partial charge in [0.25, 0.3) is 0 Å². The summed E-state index contributed by atoms with van der Waals surface area (Å²) in [6.45, 7) is 7.92. The third kappa shape index (κ3) is 3.71. The third-order valence-corrected chi connectivity index (χ3v) is 5.47. The molecule has 19 heavy (non-hydrogen) atoms. The molecule has 0 aromatic rings. The summed E-state index contributed by atoms with van der Waals surface area (Å²) in [5.74, 6) is 0. The highest BCUT2D eigenvalue weighted by molar-refractivity contribution is 4.85. The fourth-order valence-corrected chi connectivity index (χ4v) is 4.27. The number of hydrogen-bond acceptors (Lipinski definition) is 3. The molecule has 0 saturated carbocycles.